The second-order valence-electron chi connectivity index (χ2n) is 5.96. The third kappa shape index (κ3) is 2.37. The largest absolute Gasteiger partial charge is 0.480 e. The number of aromatic nitrogens is 2. The minimum atomic E-state index is -0.943. The molecule has 2 aliphatic rings. The number of aliphatic carboxylic acids is 1. The van der Waals surface area contributed by atoms with Gasteiger partial charge in [0.25, 0.3) is 11.8 Å². The first kappa shape index (κ1) is 15.4. The molecule has 1 N–H and O–H groups in total. The van der Waals surface area contributed by atoms with Crippen molar-refractivity contribution in [2.75, 3.05) is 11.6 Å². The molecule has 1 unspecified atom stereocenters. The van der Waals surface area contributed by atoms with Gasteiger partial charge < -0.3 is 9.94 Å². The summed E-state index contributed by atoms with van der Waals surface area (Å²) < 4.78 is 5.12. The summed E-state index contributed by atoms with van der Waals surface area (Å²) in [5.41, 5.74) is 0.661. The molecule has 10 heteroatoms. The van der Waals surface area contributed by atoms with Crippen LogP contribution in [0, 0.1) is 0 Å². The summed E-state index contributed by atoms with van der Waals surface area (Å²) >= 11 is 0. The Morgan fingerprint density at radius 1 is 1.28 bits per heavy atom. The van der Waals surface area contributed by atoms with Gasteiger partial charge in [-0.25, -0.2) is 14.7 Å². The van der Waals surface area contributed by atoms with Gasteiger partial charge >= 0.3 is 5.97 Å². The molecule has 10 nitrogen and oxygen atoms in total. The fourth-order valence-electron chi connectivity index (χ4n) is 3.17. The number of benzene rings is 1. The molecule has 0 saturated carbocycles. The van der Waals surface area contributed by atoms with E-state index in [1.54, 1.807) is 31.2 Å². The molecule has 0 radical (unpaired) electrons. The summed E-state index contributed by atoms with van der Waals surface area (Å²) in [6.45, 7) is 2.05. The molecule has 3 heterocycles. The van der Waals surface area contributed by atoms with Gasteiger partial charge in [-0.2, -0.15) is 4.63 Å². The van der Waals surface area contributed by atoms with Crippen molar-refractivity contribution >= 4 is 17.8 Å². The summed E-state index contributed by atoms with van der Waals surface area (Å²) in [4.78, 5) is 43.6. The second-order valence-corrected chi connectivity index (χ2v) is 5.96. The van der Waals surface area contributed by atoms with Crippen LogP contribution < -0.4 is 9.85 Å². The molecule has 2 aliphatic heterocycles. The number of carboxylic acids is 1. The number of amides is 2. The molecular weight excluding hydrogens is 332 g/mol. The highest BCUT2D eigenvalue weighted by Crippen LogP contribution is 2.24. The van der Waals surface area contributed by atoms with Crippen LogP contribution in [0.1, 0.15) is 40.5 Å². The van der Waals surface area contributed by atoms with Gasteiger partial charge in [0.15, 0.2) is 0 Å². The van der Waals surface area contributed by atoms with Gasteiger partial charge in [-0.3, -0.25) is 9.59 Å². The summed E-state index contributed by atoms with van der Waals surface area (Å²) in [6, 6.07) is 5.86. The van der Waals surface area contributed by atoms with Crippen LogP contribution in [-0.4, -0.2) is 56.6 Å². The van der Waals surface area contributed by atoms with E-state index in [9.17, 15) is 19.5 Å². The summed E-state index contributed by atoms with van der Waals surface area (Å²) in [7, 11) is 0. The van der Waals surface area contributed by atoms with Crippen molar-refractivity contribution < 1.29 is 29.0 Å². The van der Waals surface area contributed by atoms with Gasteiger partial charge in [-0.1, -0.05) is 12.1 Å². The lowest BCUT2D eigenvalue weighted by atomic mass is 10.1. The first-order chi connectivity index (χ1) is 12.0. The van der Waals surface area contributed by atoms with Crippen LogP contribution >= 0.6 is 0 Å². The minimum Gasteiger partial charge on any atom is -0.480 e. The summed E-state index contributed by atoms with van der Waals surface area (Å²) in [6.07, 6.45) is 0.318. The van der Waals surface area contributed by atoms with E-state index >= 15 is 0 Å². The first-order valence-corrected chi connectivity index (χ1v) is 7.90. The Morgan fingerprint density at radius 3 is 2.52 bits per heavy atom. The molecule has 1 fully saturated rings. The van der Waals surface area contributed by atoms with Crippen molar-refractivity contribution in [2.45, 2.75) is 32.0 Å². The highest BCUT2D eigenvalue weighted by Gasteiger charge is 2.42. The maximum Gasteiger partial charge on any atom is 0.328 e. The monoisotopic (exact) mass is 348 g/mol. The molecule has 0 spiro atoms. The maximum absolute atomic E-state index is 12.4. The topological polar surface area (TPSA) is 110 Å². The van der Waals surface area contributed by atoms with Gasteiger partial charge in [0.1, 0.15) is 11.1 Å². The van der Waals surface area contributed by atoms with E-state index < -0.39 is 30.1 Å². The third-order valence-electron chi connectivity index (χ3n) is 4.42. The first-order valence-electron chi connectivity index (χ1n) is 7.90. The lowest BCUT2D eigenvalue weighted by Crippen LogP contribution is -2.46. The van der Waals surface area contributed by atoms with Gasteiger partial charge in [-0.15, -0.1) is 0 Å². The zero-order valence-corrected chi connectivity index (χ0v) is 13.4. The highest BCUT2D eigenvalue weighted by atomic mass is 17.0. The van der Waals surface area contributed by atoms with Crippen molar-refractivity contribution in [3.05, 3.63) is 35.4 Å². The minimum absolute atomic E-state index is 0.331. The zero-order chi connectivity index (χ0) is 17.7. The van der Waals surface area contributed by atoms with Gasteiger partial charge in [0.2, 0.25) is 6.23 Å². The normalized spacial score (nSPS) is 21.1. The van der Waals surface area contributed by atoms with E-state index in [1.807, 2.05) is 0 Å². The summed E-state index contributed by atoms with van der Waals surface area (Å²) in [5, 5.41) is 11.7. The van der Waals surface area contributed by atoms with Crippen LogP contribution in [-0.2, 0) is 4.79 Å². The van der Waals surface area contributed by atoms with Crippen molar-refractivity contribution in [1.82, 2.24) is 14.9 Å². The van der Waals surface area contributed by atoms with E-state index in [0.29, 0.717) is 24.1 Å². The lowest BCUT2D eigenvalue weighted by molar-refractivity contribution is -0.138. The van der Waals surface area contributed by atoms with Crippen molar-refractivity contribution in [3.63, 3.8) is 0 Å². The molecule has 0 bridgehead atoms. The third-order valence-corrected chi connectivity index (χ3v) is 4.42. The van der Waals surface area contributed by atoms with E-state index in [1.165, 1.54) is 9.97 Å². The Balaban J connectivity index is 1.47. The molecule has 25 heavy (non-hydrogen) atoms. The molecule has 1 aromatic carbocycles. The number of nitrogens with zero attached hydrogens (tertiary/aromatic N) is 4. The lowest BCUT2D eigenvalue weighted by Gasteiger charge is -2.20. The van der Waals surface area contributed by atoms with Crippen LogP contribution in [0.4, 0.5) is 0 Å². The Morgan fingerprint density at radius 2 is 1.92 bits per heavy atom. The Hall–Kier alpha value is -3.17. The molecular formula is C15H16N4O6. The Labute approximate surface area is 141 Å². The van der Waals surface area contributed by atoms with Crippen LogP contribution in [0.25, 0.3) is 0 Å². The van der Waals surface area contributed by atoms with Crippen molar-refractivity contribution in [1.29, 1.82) is 0 Å². The van der Waals surface area contributed by atoms with Crippen LogP contribution in [0.15, 0.2) is 28.9 Å². The Bertz CT molecular complexity index is 813. The molecule has 132 valence electrons. The second kappa shape index (κ2) is 5.43. The molecule has 2 amide bonds. The number of imide groups is 1. The number of hydrogen-bond donors (Lipinski definition) is 1. The van der Waals surface area contributed by atoms with Gasteiger partial charge in [-0.05, 0) is 31.9 Å². The quantitative estimate of drug-likeness (QED) is 0.765. The van der Waals surface area contributed by atoms with Gasteiger partial charge in [0, 0.05) is 6.54 Å². The average molecular weight is 348 g/mol. The molecule has 1 aromatic heterocycles. The van der Waals surface area contributed by atoms with Crippen LogP contribution in [0.2, 0.25) is 0 Å². The molecule has 0 aliphatic carbocycles. The number of fused-ring (bicyclic) bond motifs is 1. The SMILES string of the molecule is CC(On1on1N1CCC[C@H]1C(=O)O)N1C(=O)c2ccccc2C1=O. The number of carboxylic acid groups (broad SMARTS) is 1. The maximum atomic E-state index is 12.4. The standard InChI is InChI=1S/C15H16N4O6/c1-9(17-13(20)10-5-2-3-6-11(10)14(17)21)24-19-18(25-19)16-8-4-7-12(16)15(22)23/h2-3,5-6,9,12H,4,7-8H2,1H3,(H,22,23)/t9?,12-,18?,19?/m0/s1. The average Bonchev–Trinajstić information content (AvgIpc) is 3.06. The molecule has 2 aromatic rings. The zero-order valence-electron chi connectivity index (χ0n) is 13.4. The molecule has 4 rings (SSSR count). The number of hydrogen-bond acceptors (Lipinski definition) is 6. The number of carbonyl (C=O) groups excluding carboxylic acids is 2. The molecule has 1 saturated heterocycles. The smallest absolute Gasteiger partial charge is 0.328 e. The van der Waals surface area contributed by atoms with Crippen molar-refractivity contribution in [3.8, 4) is 0 Å². The van der Waals surface area contributed by atoms with E-state index in [0.717, 1.165) is 16.3 Å². The van der Waals surface area contributed by atoms with Gasteiger partial charge in [0.05, 0.1) is 16.1 Å². The molecule has 2 atom stereocenters. The van der Waals surface area contributed by atoms with E-state index in [-0.39, 0.29) is 0 Å². The fraction of sp³-hybridized carbons (Fsp3) is 0.400. The van der Waals surface area contributed by atoms with Crippen LogP contribution in [0.5, 0.6) is 0 Å². The van der Waals surface area contributed by atoms with Crippen molar-refractivity contribution in [2.24, 2.45) is 0 Å². The highest BCUT2D eigenvalue weighted by molar-refractivity contribution is 6.21. The van der Waals surface area contributed by atoms with Crippen LogP contribution in [0.3, 0.4) is 0 Å². The summed E-state index contributed by atoms with van der Waals surface area (Å²) in [5.74, 6) is -1.82. The number of rotatable bonds is 5. The fourth-order valence-corrected chi connectivity index (χ4v) is 3.17. The van der Waals surface area contributed by atoms with E-state index in [4.69, 9.17) is 9.47 Å². The Kier molecular flexibility index (Phi) is 3.34. The predicted molar refractivity (Wildman–Crippen MR) is 81.4 cm³/mol. The predicted octanol–water partition coefficient (Wildman–Crippen LogP) is 0.138. The van der Waals surface area contributed by atoms with E-state index in [2.05, 4.69) is 0 Å². The number of carbonyl (C=O) groups is 3.